The minimum atomic E-state index is 0.0100. The number of carbonyl (C=O) groups excluding carboxylic acids is 1. The van der Waals surface area contributed by atoms with E-state index in [1.807, 2.05) is 56.3 Å². The van der Waals surface area contributed by atoms with Gasteiger partial charge in [0.1, 0.15) is 6.54 Å². The number of amides is 1. The van der Waals surface area contributed by atoms with Gasteiger partial charge in [0.05, 0.1) is 6.04 Å². The number of carbonyl (C=O) groups is 1. The van der Waals surface area contributed by atoms with Crippen molar-refractivity contribution in [2.24, 2.45) is 0 Å². The molecule has 22 heavy (non-hydrogen) atoms. The molecule has 1 N–H and O–H groups in total. The minimum Gasteiger partial charge on any atom is -0.348 e. The molecule has 1 heterocycles. The summed E-state index contributed by atoms with van der Waals surface area (Å²) in [5, 5.41) is 4.24. The molecule has 3 rings (SSSR count). The summed E-state index contributed by atoms with van der Waals surface area (Å²) in [6.45, 7) is 4.39. The van der Waals surface area contributed by atoms with E-state index in [1.54, 1.807) is 0 Å². The van der Waals surface area contributed by atoms with Gasteiger partial charge in [0, 0.05) is 11.2 Å². The summed E-state index contributed by atoms with van der Waals surface area (Å²) in [6, 6.07) is 20.3. The molecule has 1 atom stereocenters. The monoisotopic (exact) mass is 292 g/mol. The summed E-state index contributed by atoms with van der Waals surface area (Å²) in [5.74, 6) is 0.0285. The average Bonchev–Trinajstić information content (AvgIpc) is 2.84. The van der Waals surface area contributed by atoms with Crippen molar-refractivity contribution in [1.82, 2.24) is 9.88 Å². The fourth-order valence-electron chi connectivity index (χ4n) is 2.81. The number of hydrogen-bond donors (Lipinski definition) is 1. The van der Waals surface area contributed by atoms with Crippen LogP contribution in [0, 0.1) is 6.92 Å². The predicted octanol–water partition coefficient (Wildman–Crippen LogP) is 3.83. The number of para-hydroxylation sites is 1. The van der Waals surface area contributed by atoms with Crippen molar-refractivity contribution in [2.75, 3.05) is 0 Å². The molecule has 1 aromatic heterocycles. The van der Waals surface area contributed by atoms with Gasteiger partial charge in [-0.2, -0.15) is 0 Å². The van der Waals surface area contributed by atoms with E-state index < -0.39 is 0 Å². The van der Waals surface area contributed by atoms with E-state index >= 15 is 0 Å². The van der Waals surface area contributed by atoms with Gasteiger partial charge in [-0.25, -0.2) is 0 Å². The zero-order valence-corrected chi connectivity index (χ0v) is 12.9. The highest BCUT2D eigenvalue weighted by Gasteiger charge is 2.12. The molecule has 112 valence electrons. The first kappa shape index (κ1) is 14.4. The Hall–Kier alpha value is -2.55. The van der Waals surface area contributed by atoms with Crippen LogP contribution in [0.1, 0.15) is 24.2 Å². The predicted molar refractivity (Wildman–Crippen MR) is 89.7 cm³/mol. The highest BCUT2D eigenvalue weighted by Crippen LogP contribution is 2.19. The second-order valence-electron chi connectivity index (χ2n) is 5.63. The van der Waals surface area contributed by atoms with Crippen molar-refractivity contribution in [3.05, 3.63) is 71.9 Å². The van der Waals surface area contributed by atoms with E-state index in [-0.39, 0.29) is 11.9 Å². The smallest absolute Gasteiger partial charge is 0.240 e. The van der Waals surface area contributed by atoms with Crippen LogP contribution in [0.5, 0.6) is 0 Å². The molecule has 0 unspecified atom stereocenters. The highest BCUT2D eigenvalue weighted by atomic mass is 16.2. The molecule has 0 bridgehead atoms. The Morgan fingerprint density at radius 2 is 1.77 bits per heavy atom. The topological polar surface area (TPSA) is 34.0 Å². The first-order chi connectivity index (χ1) is 10.6. The average molecular weight is 292 g/mol. The van der Waals surface area contributed by atoms with Gasteiger partial charge in [-0.15, -0.1) is 0 Å². The summed E-state index contributed by atoms with van der Waals surface area (Å²) >= 11 is 0. The molecule has 0 radical (unpaired) electrons. The van der Waals surface area contributed by atoms with Crippen LogP contribution in [-0.2, 0) is 11.3 Å². The largest absolute Gasteiger partial charge is 0.348 e. The summed E-state index contributed by atoms with van der Waals surface area (Å²) in [6.07, 6.45) is 0. The van der Waals surface area contributed by atoms with Crippen LogP contribution in [0.2, 0.25) is 0 Å². The normalized spacial score (nSPS) is 12.3. The lowest BCUT2D eigenvalue weighted by atomic mass is 10.1. The number of nitrogens with one attached hydrogen (secondary N) is 1. The van der Waals surface area contributed by atoms with Crippen molar-refractivity contribution in [2.45, 2.75) is 26.4 Å². The number of fused-ring (bicyclic) bond motifs is 1. The lowest BCUT2D eigenvalue weighted by Gasteiger charge is -2.15. The molecular formula is C19H20N2O. The number of nitrogens with zero attached hydrogens (tertiary/aromatic N) is 1. The number of rotatable bonds is 4. The van der Waals surface area contributed by atoms with Crippen molar-refractivity contribution in [1.29, 1.82) is 0 Å². The van der Waals surface area contributed by atoms with E-state index in [1.165, 1.54) is 5.39 Å². The van der Waals surface area contributed by atoms with Crippen LogP contribution >= 0.6 is 0 Å². The van der Waals surface area contributed by atoms with E-state index in [0.29, 0.717) is 6.54 Å². The molecular weight excluding hydrogens is 272 g/mol. The molecule has 0 aliphatic carbocycles. The summed E-state index contributed by atoms with van der Waals surface area (Å²) < 4.78 is 2.06. The molecule has 3 nitrogen and oxygen atoms in total. The minimum absolute atomic E-state index is 0.0100. The van der Waals surface area contributed by atoms with Crippen molar-refractivity contribution < 1.29 is 4.79 Å². The van der Waals surface area contributed by atoms with E-state index in [9.17, 15) is 4.79 Å². The molecule has 0 fully saturated rings. The molecule has 2 aromatic carbocycles. The number of aromatic nitrogens is 1. The van der Waals surface area contributed by atoms with Crippen LogP contribution in [0.4, 0.5) is 0 Å². The zero-order chi connectivity index (χ0) is 15.5. The zero-order valence-electron chi connectivity index (χ0n) is 12.9. The molecule has 0 aliphatic heterocycles. The lowest BCUT2D eigenvalue weighted by molar-refractivity contribution is -0.122. The SMILES string of the molecule is Cc1cc2ccccc2n1CC(=O)N[C@@H](C)c1ccccc1. The molecule has 0 saturated carbocycles. The Balaban J connectivity index is 1.75. The van der Waals surface area contributed by atoms with Gasteiger partial charge in [0.25, 0.3) is 0 Å². The Labute approximate surface area is 130 Å². The van der Waals surface area contributed by atoms with Crippen LogP contribution in [-0.4, -0.2) is 10.5 Å². The van der Waals surface area contributed by atoms with Crippen LogP contribution < -0.4 is 5.32 Å². The van der Waals surface area contributed by atoms with Gasteiger partial charge in [-0.1, -0.05) is 48.5 Å². The molecule has 3 heteroatoms. The Morgan fingerprint density at radius 3 is 2.55 bits per heavy atom. The lowest BCUT2D eigenvalue weighted by Crippen LogP contribution is -2.30. The van der Waals surface area contributed by atoms with Crippen molar-refractivity contribution in [3.8, 4) is 0 Å². The maximum Gasteiger partial charge on any atom is 0.240 e. The molecule has 0 aliphatic rings. The van der Waals surface area contributed by atoms with E-state index in [0.717, 1.165) is 16.8 Å². The number of hydrogen-bond acceptors (Lipinski definition) is 1. The maximum absolute atomic E-state index is 12.4. The first-order valence-electron chi connectivity index (χ1n) is 7.54. The van der Waals surface area contributed by atoms with Gasteiger partial charge >= 0.3 is 0 Å². The second kappa shape index (κ2) is 6.06. The van der Waals surface area contributed by atoms with Gasteiger partial charge in [0.15, 0.2) is 0 Å². The van der Waals surface area contributed by atoms with E-state index in [4.69, 9.17) is 0 Å². The number of benzene rings is 2. The summed E-state index contributed by atoms with van der Waals surface area (Å²) in [5.41, 5.74) is 3.32. The standard InChI is InChI=1S/C19H20N2O/c1-14-12-17-10-6-7-11-18(17)21(14)13-19(22)20-15(2)16-8-4-3-5-9-16/h3-12,15H,13H2,1-2H3,(H,20,22)/t15-/m0/s1. The Kier molecular flexibility index (Phi) is 3.96. The summed E-state index contributed by atoms with van der Waals surface area (Å²) in [4.78, 5) is 12.4. The molecule has 3 aromatic rings. The molecule has 0 saturated heterocycles. The summed E-state index contributed by atoms with van der Waals surface area (Å²) in [7, 11) is 0. The van der Waals surface area contributed by atoms with Gasteiger partial charge in [0.2, 0.25) is 5.91 Å². The highest BCUT2D eigenvalue weighted by molar-refractivity contribution is 5.84. The third kappa shape index (κ3) is 2.89. The number of aryl methyl sites for hydroxylation is 1. The van der Waals surface area contributed by atoms with Gasteiger partial charge in [-0.3, -0.25) is 4.79 Å². The van der Waals surface area contributed by atoms with Gasteiger partial charge < -0.3 is 9.88 Å². The first-order valence-corrected chi connectivity index (χ1v) is 7.54. The fourth-order valence-corrected chi connectivity index (χ4v) is 2.81. The third-order valence-corrected chi connectivity index (χ3v) is 4.00. The Bertz CT molecular complexity index is 790. The van der Waals surface area contributed by atoms with Gasteiger partial charge in [-0.05, 0) is 36.9 Å². The molecule has 1 amide bonds. The van der Waals surface area contributed by atoms with Crippen molar-refractivity contribution in [3.63, 3.8) is 0 Å². The fraction of sp³-hybridized carbons (Fsp3) is 0.211. The molecule has 0 spiro atoms. The third-order valence-electron chi connectivity index (χ3n) is 4.00. The van der Waals surface area contributed by atoms with Crippen LogP contribution in [0.15, 0.2) is 60.7 Å². The van der Waals surface area contributed by atoms with Crippen LogP contribution in [0.3, 0.4) is 0 Å². The van der Waals surface area contributed by atoms with E-state index in [2.05, 4.69) is 28.1 Å². The second-order valence-corrected chi connectivity index (χ2v) is 5.63. The van der Waals surface area contributed by atoms with Crippen molar-refractivity contribution >= 4 is 16.8 Å². The maximum atomic E-state index is 12.4. The quantitative estimate of drug-likeness (QED) is 0.779. The van der Waals surface area contributed by atoms with Crippen LogP contribution in [0.25, 0.3) is 10.9 Å². The Morgan fingerprint density at radius 1 is 1.09 bits per heavy atom.